The summed E-state index contributed by atoms with van der Waals surface area (Å²) in [5, 5.41) is 5.12. The van der Waals surface area contributed by atoms with E-state index in [2.05, 4.69) is 23.8 Å². The molecule has 0 amide bonds. The maximum atomic E-state index is 11.4. The van der Waals surface area contributed by atoms with Crippen LogP contribution >= 0.6 is 0 Å². The lowest BCUT2D eigenvalue weighted by atomic mass is 10.1. The molecule has 7 heteroatoms. The number of para-hydroxylation sites is 2. The van der Waals surface area contributed by atoms with E-state index in [0.29, 0.717) is 5.89 Å². The molecule has 0 spiro atoms. The molecule has 0 bridgehead atoms. The fraction of sp³-hybridized carbons (Fsp3) is 0.294. The maximum absolute atomic E-state index is 11.4. The van der Waals surface area contributed by atoms with E-state index in [-0.39, 0.29) is 22.1 Å². The number of hydrogen-bond donors (Lipinski definition) is 1. The van der Waals surface area contributed by atoms with Gasteiger partial charge in [-0.15, -0.1) is 0 Å². The van der Waals surface area contributed by atoms with Crippen LogP contribution in [-0.2, 0) is 10.0 Å². The molecule has 1 aliphatic carbocycles. The van der Waals surface area contributed by atoms with Crippen LogP contribution in [-0.4, -0.2) is 18.4 Å². The number of benzene rings is 1. The third-order valence-corrected chi connectivity index (χ3v) is 5.71. The van der Waals surface area contributed by atoms with Crippen molar-refractivity contribution in [1.82, 2.24) is 9.97 Å². The molecule has 2 N–H and O–H groups in total. The lowest BCUT2D eigenvalue weighted by Crippen LogP contribution is -2.12. The highest BCUT2D eigenvalue weighted by Crippen LogP contribution is 2.69. The van der Waals surface area contributed by atoms with Gasteiger partial charge < -0.3 is 4.42 Å². The maximum Gasteiger partial charge on any atom is 0.239 e. The monoisotopic (exact) mass is 343 g/mol. The largest absolute Gasteiger partial charge is 0.440 e. The van der Waals surface area contributed by atoms with Gasteiger partial charge >= 0.3 is 0 Å². The van der Waals surface area contributed by atoms with Crippen LogP contribution in [0.3, 0.4) is 0 Å². The third kappa shape index (κ3) is 2.32. The van der Waals surface area contributed by atoms with Gasteiger partial charge in [0.1, 0.15) is 10.4 Å². The van der Waals surface area contributed by atoms with Gasteiger partial charge in [-0.2, -0.15) is 0 Å². The summed E-state index contributed by atoms with van der Waals surface area (Å²) in [6, 6.07) is 10.9. The zero-order valence-corrected chi connectivity index (χ0v) is 14.1. The minimum Gasteiger partial charge on any atom is -0.440 e. The molecule has 124 valence electrons. The number of nitrogens with zero attached hydrogens (tertiary/aromatic N) is 2. The normalized spacial score (nSPS) is 22.6. The minimum absolute atomic E-state index is 0.0168. The van der Waals surface area contributed by atoms with Gasteiger partial charge in [-0.25, -0.2) is 18.5 Å². The first-order chi connectivity index (χ1) is 11.3. The van der Waals surface area contributed by atoms with Crippen LogP contribution in [0.15, 0.2) is 51.9 Å². The van der Waals surface area contributed by atoms with Gasteiger partial charge in [0.05, 0.1) is 5.92 Å². The minimum atomic E-state index is -3.73. The van der Waals surface area contributed by atoms with Gasteiger partial charge in [-0.1, -0.05) is 26.0 Å². The van der Waals surface area contributed by atoms with Gasteiger partial charge in [0.2, 0.25) is 10.0 Å². The van der Waals surface area contributed by atoms with Gasteiger partial charge in [0.25, 0.3) is 0 Å². The topological polar surface area (TPSA) is 99.1 Å². The second kappa shape index (κ2) is 4.87. The van der Waals surface area contributed by atoms with E-state index in [1.165, 1.54) is 12.3 Å². The Morgan fingerprint density at radius 1 is 1.12 bits per heavy atom. The molecule has 4 rings (SSSR count). The molecule has 24 heavy (non-hydrogen) atoms. The van der Waals surface area contributed by atoms with Gasteiger partial charge in [-0.3, -0.25) is 4.98 Å². The molecule has 0 aliphatic heterocycles. The van der Waals surface area contributed by atoms with E-state index in [9.17, 15) is 8.42 Å². The predicted molar refractivity (Wildman–Crippen MR) is 88.9 cm³/mol. The summed E-state index contributed by atoms with van der Waals surface area (Å²) in [6.07, 6.45) is 1.31. The van der Waals surface area contributed by atoms with Crippen LogP contribution in [0, 0.1) is 5.41 Å². The molecule has 2 aromatic heterocycles. The first-order valence-corrected chi connectivity index (χ1v) is 9.17. The van der Waals surface area contributed by atoms with E-state index >= 15 is 0 Å². The number of rotatable bonds is 3. The summed E-state index contributed by atoms with van der Waals surface area (Å²) in [5.41, 5.74) is 2.37. The number of sulfonamides is 1. The number of oxazole rings is 1. The highest BCUT2D eigenvalue weighted by molar-refractivity contribution is 7.89. The second-order valence-corrected chi connectivity index (χ2v) is 8.32. The van der Waals surface area contributed by atoms with Crippen LogP contribution in [0.25, 0.3) is 11.1 Å². The molecule has 2 atom stereocenters. The van der Waals surface area contributed by atoms with Gasteiger partial charge in [0, 0.05) is 17.8 Å². The van der Waals surface area contributed by atoms with E-state index in [4.69, 9.17) is 9.56 Å². The Labute approximate surface area is 139 Å². The Hall–Kier alpha value is -2.25. The van der Waals surface area contributed by atoms with Crippen molar-refractivity contribution in [2.24, 2.45) is 10.6 Å². The zero-order chi connectivity index (χ0) is 17.1. The Morgan fingerprint density at radius 2 is 1.88 bits per heavy atom. The third-order valence-electron chi connectivity index (χ3n) is 4.81. The Kier molecular flexibility index (Phi) is 3.10. The molecule has 6 nitrogen and oxygen atoms in total. The van der Waals surface area contributed by atoms with E-state index < -0.39 is 10.0 Å². The SMILES string of the molecule is CC1(C)[C@@H](c2ccc(S(N)(=O)=O)cn2)[C@@H]1c1nc2ccccc2o1. The predicted octanol–water partition coefficient (Wildman–Crippen LogP) is 2.78. The van der Waals surface area contributed by atoms with E-state index in [0.717, 1.165) is 16.8 Å². The number of aromatic nitrogens is 2. The summed E-state index contributed by atoms with van der Waals surface area (Å²) in [7, 11) is -3.73. The van der Waals surface area contributed by atoms with Gasteiger partial charge in [-0.05, 0) is 29.7 Å². The van der Waals surface area contributed by atoms with Crippen molar-refractivity contribution in [2.75, 3.05) is 0 Å². The summed E-state index contributed by atoms with van der Waals surface area (Å²) in [6.45, 7) is 4.26. The van der Waals surface area contributed by atoms with Crippen molar-refractivity contribution in [2.45, 2.75) is 30.6 Å². The van der Waals surface area contributed by atoms with Crippen LogP contribution in [0.2, 0.25) is 0 Å². The number of primary sulfonamides is 1. The lowest BCUT2D eigenvalue weighted by Gasteiger charge is -2.03. The average Bonchev–Trinajstić information content (AvgIpc) is 2.90. The van der Waals surface area contributed by atoms with Gasteiger partial charge in [0.15, 0.2) is 11.5 Å². The number of fused-ring (bicyclic) bond motifs is 1. The standard InChI is InChI=1S/C17H17N3O3S/c1-17(2)14(12-8-7-10(9-19-12)24(18,21)22)15(17)16-20-11-5-3-4-6-13(11)23-16/h3-9,14-15H,1-2H3,(H2,18,21,22)/t14-,15+/m0/s1. The van der Waals surface area contributed by atoms with Crippen LogP contribution in [0.1, 0.15) is 37.3 Å². The molecule has 3 aromatic rings. The first-order valence-electron chi connectivity index (χ1n) is 7.63. The van der Waals surface area contributed by atoms with Crippen molar-refractivity contribution >= 4 is 21.1 Å². The summed E-state index contributed by atoms with van der Waals surface area (Å²) in [5.74, 6) is 0.932. The number of pyridine rings is 1. The van der Waals surface area contributed by atoms with Crippen molar-refractivity contribution in [1.29, 1.82) is 0 Å². The quantitative estimate of drug-likeness (QED) is 0.788. The van der Waals surface area contributed by atoms with Crippen molar-refractivity contribution in [3.05, 3.63) is 54.2 Å². The summed E-state index contributed by atoms with van der Waals surface area (Å²) < 4.78 is 28.6. The molecule has 1 saturated carbocycles. The highest BCUT2D eigenvalue weighted by Gasteiger charge is 2.62. The van der Waals surface area contributed by atoms with Crippen LogP contribution in [0.4, 0.5) is 0 Å². The summed E-state index contributed by atoms with van der Waals surface area (Å²) >= 11 is 0. The van der Waals surface area contributed by atoms with Crippen molar-refractivity contribution < 1.29 is 12.8 Å². The second-order valence-electron chi connectivity index (χ2n) is 6.76. The summed E-state index contributed by atoms with van der Waals surface area (Å²) in [4.78, 5) is 8.91. The molecule has 0 saturated heterocycles. The average molecular weight is 343 g/mol. The number of nitrogens with two attached hydrogens (primary N) is 1. The zero-order valence-electron chi connectivity index (χ0n) is 13.3. The first kappa shape index (κ1) is 15.3. The Bertz CT molecular complexity index is 990. The molecular weight excluding hydrogens is 326 g/mol. The molecule has 2 heterocycles. The molecule has 0 radical (unpaired) electrons. The van der Waals surface area contributed by atoms with Crippen LogP contribution in [0.5, 0.6) is 0 Å². The molecular formula is C17H17N3O3S. The highest BCUT2D eigenvalue weighted by atomic mass is 32.2. The fourth-order valence-corrected chi connectivity index (χ4v) is 3.88. The Balaban J connectivity index is 1.69. The Morgan fingerprint density at radius 3 is 2.50 bits per heavy atom. The molecule has 1 aromatic carbocycles. The van der Waals surface area contributed by atoms with E-state index in [1.807, 2.05) is 24.3 Å². The fourth-order valence-electron chi connectivity index (χ4n) is 3.42. The molecule has 1 fully saturated rings. The van der Waals surface area contributed by atoms with Crippen molar-refractivity contribution in [3.8, 4) is 0 Å². The van der Waals surface area contributed by atoms with Crippen LogP contribution < -0.4 is 5.14 Å². The molecule has 0 unspecified atom stereocenters. The van der Waals surface area contributed by atoms with Crippen molar-refractivity contribution in [3.63, 3.8) is 0 Å². The molecule has 1 aliphatic rings. The number of hydrogen-bond acceptors (Lipinski definition) is 5. The smallest absolute Gasteiger partial charge is 0.239 e. The lowest BCUT2D eigenvalue weighted by molar-refractivity contribution is 0.493. The van der Waals surface area contributed by atoms with E-state index in [1.54, 1.807) is 6.07 Å².